The van der Waals surface area contributed by atoms with Crippen molar-refractivity contribution in [3.8, 4) is 0 Å². The molecule has 6 nitrogen and oxygen atoms in total. The van der Waals surface area contributed by atoms with Gasteiger partial charge < -0.3 is 5.43 Å². The van der Waals surface area contributed by atoms with Gasteiger partial charge in [-0.2, -0.15) is 0 Å². The molecule has 1 atom stereocenters. The molecule has 0 amide bonds. The van der Waals surface area contributed by atoms with Gasteiger partial charge in [0, 0.05) is 18.7 Å². The van der Waals surface area contributed by atoms with Crippen LogP contribution in [0.5, 0.6) is 0 Å². The molecular weight excluding hydrogens is 256 g/mol. The van der Waals surface area contributed by atoms with Crippen LogP contribution in [0.25, 0.3) is 0 Å². The van der Waals surface area contributed by atoms with Crippen LogP contribution in [0, 0.1) is 15.5 Å². The Morgan fingerprint density at radius 1 is 1.45 bits per heavy atom. The maximum Gasteiger partial charge on any atom is 0.293 e. The molecule has 1 aromatic rings. The fourth-order valence-corrected chi connectivity index (χ4v) is 2.10. The van der Waals surface area contributed by atoms with Crippen LogP contribution in [0.1, 0.15) is 33.3 Å². The predicted octanol–water partition coefficient (Wildman–Crippen LogP) is 2.75. The summed E-state index contributed by atoms with van der Waals surface area (Å²) in [5.74, 6) is 5.45. The third kappa shape index (κ3) is 3.68. The fourth-order valence-electron chi connectivity index (χ4n) is 2.10. The van der Waals surface area contributed by atoms with Crippen molar-refractivity contribution >= 4 is 11.4 Å². The summed E-state index contributed by atoms with van der Waals surface area (Å²) in [7, 11) is 2.01. The number of nitrogen functional groups attached to an aromatic ring is 1. The molecule has 0 aromatic heterocycles. The third-order valence-corrected chi connectivity index (χ3v) is 3.80. The summed E-state index contributed by atoms with van der Waals surface area (Å²) in [4.78, 5) is 12.8. The van der Waals surface area contributed by atoms with Crippen LogP contribution in [0.15, 0.2) is 18.2 Å². The number of anilines is 1. The summed E-state index contributed by atoms with van der Waals surface area (Å²) >= 11 is 0. The molecule has 0 fully saturated rings. The summed E-state index contributed by atoms with van der Waals surface area (Å²) < 4.78 is 0. The number of nitrogens with one attached hydrogen (secondary N) is 1. The summed E-state index contributed by atoms with van der Waals surface area (Å²) in [6, 6.07) is 5.32. The fraction of sp³-hybridized carbons (Fsp3) is 0.571. The molecule has 0 heterocycles. The van der Waals surface area contributed by atoms with Gasteiger partial charge in [0.05, 0.1) is 4.92 Å². The van der Waals surface area contributed by atoms with Gasteiger partial charge in [-0.25, -0.2) is 0 Å². The number of hydrazine groups is 1. The van der Waals surface area contributed by atoms with E-state index < -0.39 is 4.92 Å². The number of rotatable bonds is 5. The average Bonchev–Trinajstić information content (AvgIpc) is 2.36. The molecule has 0 aliphatic rings. The van der Waals surface area contributed by atoms with Gasteiger partial charge in [0.2, 0.25) is 0 Å². The molecule has 112 valence electrons. The second-order valence-corrected chi connectivity index (χ2v) is 6.17. The van der Waals surface area contributed by atoms with Crippen molar-refractivity contribution in [2.45, 2.75) is 40.3 Å². The van der Waals surface area contributed by atoms with Crippen molar-refractivity contribution in [1.82, 2.24) is 4.90 Å². The molecule has 3 N–H and O–H groups in total. The number of benzene rings is 1. The highest BCUT2D eigenvalue weighted by molar-refractivity contribution is 5.65. The number of nitrogens with two attached hydrogens (primary N) is 1. The quantitative estimate of drug-likeness (QED) is 0.492. The molecule has 0 spiro atoms. The van der Waals surface area contributed by atoms with Gasteiger partial charge in [0.25, 0.3) is 5.69 Å². The topological polar surface area (TPSA) is 84.4 Å². The SMILES string of the molecule is CC(N(C)Cc1cccc([N+](=O)[O-])c1NN)C(C)(C)C. The number of nitrogens with zero attached hydrogens (tertiary/aromatic N) is 2. The number of nitro groups is 1. The zero-order valence-corrected chi connectivity index (χ0v) is 12.8. The van der Waals surface area contributed by atoms with Crippen LogP contribution in [-0.2, 0) is 6.54 Å². The van der Waals surface area contributed by atoms with Gasteiger partial charge in [0.15, 0.2) is 0 Å². The minimum atomic E-state index is -0.425. The van der Waals surface area contributed by atoms with E-state index in [0.29, 0.717) is 18.3 Å². The first-order valence-corrected chi connectivity index (χ1v) is 6.61. The third-order valence-electron chi connectivity index (χ3n) is 3.80. The smallest absolute Gasteiger partial charge is 0.293 e. The Labute approximate surface area is 120 Å². The Balaban J connectivity index is 3.04. The van der Waals surface area contributed by atoms with E-state index >= 15 is 0 Å². The Morgan fingerprint density at radius 3 is 2.50 bits per heavy atom. The maximum absolute atomic E-state index is 11.0. The molecule has 0 saturated heterocycles. The van der Waals surface area contributed by atoms with Crippen molar-refractivity contribution in [1.29, 1.82) is 0 Å². The molecule has 0 aliphatic carbocycles. The van der Waals surface area contributed by atoms with Crippen molar-refractivity contribution in [3.63, 3.8) is 0 Å². The maximum atomic E-state index is 11.0. The zero-order valence-electron chi connectivity index (χ0n) is 12.8. The van der Waals surface area contributed by atoms with Gasteiger partial charge in [-0.3, -0.25) is 20.9 Å². The molecule has 0 radical (unpaired) electrons. The second-order valence-electron chi connectivity index (χ2n) is 6.17. The summed E-state index contributed by atoms with van der Waals surface area (Å²) in [6.07, 6.45) is 0. The predicted molar refractivity (Wildman–Crippen MR) is 81.3 cm³/mol. The van der Waals surface area contributed by atoms with Crippen LogP contribution < -0.4 is 11.3 Å². The van der Waals surface area contributed by atoms with E-state index in [2.05, 4.69) is 38.0 Å². The van der Waals surface area contributed by atoms with Gasteiger partial charge in [-0.1, -0.05) is 32.9 Å². The van der Waals surface area contributed by atoms with Crippen LogP contribution in [-0.4, -0.2) is 22.9 Å². The first kappa shape index (κ1) is 16.4. The van der Waals surface area contributed by atoms with Crippen LogP contribution >= 0.6 is 0 Å². The van der Waals surface area contributed by atoms with Crippen molar-refractivity contribution < 1.29 is 4.92 Å². The Kier molecular flexibility index (Phi) is 5.08. The van der Waals surface area contributed by atoms with E-state index in [1.165, 1.54) is 6.07 Å². The first-order valence-electron chi connectivity index (χ1n) is 6.61. The summed E-state index contributed by atoms with van der Waals surface area (Å²) in [5, 5.41) is 11.0. The number of para-hydroxylation sites is 1. The molecule has 0 bridgehead atoms. The molecular formula is C14H24N4O2. The minimum absolute atomic E-state index is 0.00168. The number of nitro benzene ring substituents is 1. The molecule has 1 rings (SSSR count). The van der Waals surface area contributed by atoms with Gasteiger partial charge >= 0.3 is 0 Å². The molecule has 6 heteroatoms. The highest BCUT2D eigenvalue weighted by Gasteiger charge is 2.25. The molecule has 0 saturated carbocycles. The van der Waals surface area contributed by atoms with E-state index in [0.717, 1.165) is 5.56 Å². The minimum Gasteiger partial charge on any atom is -0.318 e. The first-order chi connectivity index (χ1) is 9.18. The Morgan fingerprint density at radius 2 is 2.05 bits per heavy atom. The van der Waals surface area contributed by atoms with Gasteiger partial charge in [0.1, 0.15) is 5.69 Å². The number of hydrogen-bond donors (Lipinski definition) is 2. The monoisotopic (exact) mass is 280 g/mol. The van der Waals surface area contributed by atoms with E-state index in [-0.39, 0.29) is 11.1 Å². The van der Waals surface area contributed by atoms with E-state index in [1.54, 1.807) is 6.07 Å². The van der Waals surface area contributed by atoms with Gasteiger partial charge in [-0.15, -0.1) is 0 Å². The number of hydrogen-bond acceptors (Lipinski definition) is 5. The van der Waals surface area contributed by atoms with Crippen molar-refractivity contribution in [2.75, 3.05) is 12.5 Å². The van der Waals surface area contributed by atoms with Crippen LogP contribution in [0.4, 0.5) is 11.4 Å². The molecule has 0 aliphatic heterocycles. The van der Waals surface area contributed by atoms with Crippen molar-refractivity contribution in [3.05, 3.63) is 33.9 Å². The largest absolute Gasteiger partial charge is 0.318 e. The van der Waals surface area contributed by atoms with Gasteiger partial charge in [-0.05, 0) is 24.9 Å². The standard InChI is InChI=1S/C14H24N4O2/c1-10(14(2,3)4)17(5)9-11-7-6-8-12(18(19)20)13(11)16-15/h6-8,10,16H,9,15H2,1-5H3. The van der Waals surface area contributed by atoms with E-state index in [9.17, 15) is 10.1 Å². The lowest BCUT2D eigenvalue weighted by Gasteiger charge is -2.35. The lowest BCUT2D eigenvalue weighted by atomic mass is 9.87. The summed E-state index contributed by atoms with van der Waals surface area (Å²) in [6.45, 7) is 9.25. The Bertz CT molecular complexity index is 483. The molecule has 20 heavy (non-hydrogen) atoms. The van der Waals surface area contributed by atoms with Crippen LogP contribution in [0.3, 0.4) is 0 Å². The van der Waals surface area contributed by atoms with Crippen molar-refractivity contribution in [2.24, 2.45) is 11.3 Å². The summed E-state index contributed by atoms with van der Waals surface area (Å²) in [5.41, 5.74) is 3.79. The highest BCUT2D eigenvalue weighted by atomic mass is 16.6. The highest BCUT2D eigenvalue weighted by Crippen LogP contribution is 2.30. The van der Waals surface area contributed by atoms with E-state index in [4.69, 9.17) is 5.84 Å². The molecule has 1 unspecified atom stereocenters. The lowest BCUT2D eigenvalue weighted by molar-refractivity contribution is -0.384. The molecule has 1 aromatic carbocycles. The van der Waals surface area contributed by atoms with Crippen LogP contribution in [0.2, 0.25) is 0 Å². The Hall–Kier alpha value is -1.66. The normalized spacial score (nSPS) is 13.3. The van der Waals surface area contributed by atoms with E-state index in [1.807, 2.05) is 13.1 Å². The second kappa shape index (κ2) is 6.19. The lowest BCUT2D eigenvalue weighted by Crippen LogP contribution is -2.39. The zero-order chi connectivity index (χ0) is 15.5. The average molecular weight is 280 g/mol.